The zero-order chi connectivity index (χ0) is 14.3. The smallest absolute Gasteiger partial charge is 0.139 e. The second-order valence-corrected chi connectivity index (χ2v) is 4.41. The Balaban J connectivity index is 3.05. The first-order valence-electron chi connectivity index (χ1n) is 6.52. The van der Waals surface area contributed by atoms with Crippen LogP contribution in [0.2, 0.25) is 0 Å². The Morgan fingerprint density at radius 3 is 2.26 bits per heavy atom. The minimum absolute atomic E-state index is 0.00825. The monoisotopic (exact) mass is 266 g/mol. The molecule has 0 unspecified atom stereocenters. The van der Waals surface area contributed by atoms with Crippen molar-refractivity contribution in [1.82, 2.24) is 0 Å². The molecule has 19 heavy (non-hydrogen) atoms. The van der Waals surface area contributed by atoms with E-state index in [4.69, 9.17) is 14.6 Å². The van der Waals surface area contributed by atoms with E-state index in [1.807, 2.05) is 12.1 Å². The molecule has 1 aromatic carbocycles. The molecular formula is C15H22O4. The van der Waals surface area contributed by atoms with E-state index in [2.05, 4.69) is 6.92 Å². The third-order valence-corrected chi connectivity index (χ3v) is 2.98. The van der Waals surface area contributed by atoms with Crippen LogP contribution in [0.3, 0.4) is 0 Å². The van der Waals surface area contributed by atoms with Gasteiger partial charge in [0.25, 0.3) is 0 Å². The highest BCUT2D eigenvalue weighted by molar-refractivity contribution is 5.81. The van der Waals surface area contributed by atoms with Crippen LogP contribution in [0.15, 0.2) is 12.1 Å². The van der Waals surface area contributed by atoms with E-state index < -0.39 is 0 Å². The van der Waals surface area contributed by atoms with Crippen molar-refractivity contribution >= 4 is 5.78 Å². The highest BCUT2D eigenvalue weighted by Gasteiger charge is 2.13. The number of benzene rings is 1. The Hall–Kier alpha value is -1.55. The number of ketones is 1. The molecule has 0 saturated heterocycles. The van der Waals surface area contributed by atoms with E-state index >= 15 is 0 Å². The minimum Gasteiger partial charge on any atom is -0.496 e. The number of carbonyl (C=O) groups excluding carboxylic acids is 1. The van der Waals surface area contributed by atoms with E-state index in [0.717, 1.165) is 29.7 Å². The van der Waals surface area contributed by atoms with Gasteiger partial charge in [-0.05, 0) is 24.1 Å². The lowest BCUT2D eigenvalue weighted by molar-refractivity contribution is -0.119. The molecule has 4 heteroatoms. The van der Waals surface area contributed by atoms with Crippen LogP contribution in [-0.2, 0) is 17.6 Å². The van der Waals surface area contributed by atoms with Gasteiger partial charge in [-0.1, -0.05) is 13.3 Å². The predicted octanol–water partition coefficient (Wildman–Crippen LogP) is 2.15. The summed E-state index contributed by atoms with van der Waals surface area (Å²) >= 11 is 0. The predicted molar refractivity (Wildman–Crippen MR) is 74.0 cm³/mol. The van der Waals surface area contributed by atoms with Gasteiger partial charge in [-0.2, -0.15) is 0 Å². The van der Waals surface area contributed by atoms with Gasteiger partial charge in [0.1, 0.15) is 17.3 Å². The third kappa shape index (κ3) is 4.24. The van der Waals surface area contributed by atoms with Crippen molar-refractivity contribution in [2.45, 2.75) is 32.6 Å². The molecular weight excluding hydrogens is 244 g/mol. The molecule has 0 spiro atoms. The van der Waals surface area contributed by atoms with Crippen LogP contribution in [0, 0.1) is 0 Å². The number of aliphatic hydroxyl groups excluding tert-OH is 1. The lowest BCUT2D eigenvalue weighted by Crippen LogP contribution is -2.07. The fourth-order valence-electron chi connectivity index (χ4n) is 2.05. The molecule has 0 aliphatic heterocycles. The Bertz CT molecular complexity index is 426. The average molecular weight is 266 g/mol. The highest BCUT2D eigenvalue weighted by atomic mass is 16.5. The van der Waals surface area contributed by atoms with Crippen molar-refractivity contribution in [2.75, 3.05) is 20.8 Å². The fourth-order valence-corrected chi connectivity index (χ4v) is 2.05. The highest BCUT2D eigenvalue weighted by Crippen LogP contribution is 2.30. The van der Waals surface area contributed by atoms with Crippen LogP contribution in [0.4, 0.5) is 0 Å². The minimum atomic E-state index is -0.119. The van der Waals surface area contributed by atoms with Crippen LogP contribution < -0.4 is 9.47 Å². The number of ether oxygens (including phenoxy) is 2. The number of Topliss-reactive ketones (excluding diaryl/α,β-unsaturated/α-hetero) is 1. The van der Waals surface area contributed by atoms with E-state index in [0.29, 0.717) is 5.75 Å². The zero-order valence-corrected chi connectivity index (χ0v) is 11.9. The Kier molecular flexibility index (Phi) is 6.36. The first kappa shape index (κ1) is 15.5. The number of aryl methyl sites for hydroxylation is 1. The maximum Gasteiger partial charge on any atom is 0.139 e. The van der Waals surface area contributed by atoms with E-state index in [1.165, 1.54) is 0 Å². The number of hydrogen-bond donors (Lipinski definition) is 1. The van der Waals surface area contributed by atoms with Crippen LogP contribution in [-0.4, -0.2) is 31.7 Å². The first-order chi connectivity index (χ1) is 9.15. The average Bonchev–Trinajstić information content (AvgIpc) is 2.40. The van der Waals surface area contributed by atoms with E-state index in [-0.39, 0.29) is 25.2 Å². The van der Waals surface area contributed by atoms with Gasteiger partial charge < -0.3 is 14.6 Å². The molecule has 1 rings (SSSR count). The SMILES string of the molecule is CCCc1cc(OC)c(CC(=O)CCO)cc1OC. The van der Waals surface area contributed by atoms with Gasteiger partial charge >= 0.3 is 0 Å². The molecule has 0 radical (unpaired) electrons. The van der Waals surface area contributed by atoms with Crippen molar-refractivity contribution in [1.29, 1.82) is 0 Å². The van der Waals surface area contributed by atoms with Crippen LogP contribution >= 0.6 is 0 Å². The fraction of sp³-hybridized carbons (Fsp3) is 0.533. The summed E-state index contributed by atoms with van der Waals surface area (Å²) in [5.41, 5.74) is 1.89. The molecule has 4 nitrogen and oxygen atoms in total. The largest absolute Gasteiger partial charge is 0.496 e. The molecule has 1 aromatic rings. The molecule has 0 bridgehead atoms. The van der Waals surface area contributed by atoms with Gasteiger partial charge in [0.2, 0.25) is 0 Å². The summed E-state index contributed by atoms with van der Waals surface area (Å²) in [5.74, 6) is 1.48. The maximum absolute atomic E-state index is 11.6. The van der Waals surface area contributed by atoms with Gasteiger partial charge in [0.05, 0.1) is 14.2 Å². The molecule has 0 aromatic heterocycles. The molecule has 0 fully saturated rings. The number of carbonyl (C=O) groups is 1. The number of hydrogen-bond acceptors (Lipinski definition) is 4. The summed E-state index contributed by atoms with van der Waals surface area (Å²) in [6.07, 6.45) is 2.35. The lowest BCUT2D eigenvalue weighted by atomic mass is 10.0. The molecule has 106 valence electrons. The molecule has 0 saturated carbocycles. The molecule has 0 amide bonds. The number of methoxy groups -OCH3 is 2. The van der Waals surface area contributed by atoms with Crippen LogP contribution in [0.1, 0.15) is 30.9 Å². The quantitative estimate of drug-likeness (QED) is 0.783. The first-order valence-corrected chi connectivity index (χ1v) is 6.52. The molecule has 0 atom stereocenters. The van der Waals surface area contributed by atoms with Gasteiger partial charge in [0, 0.05) is 25.0 Å². The standard InChI is InChI=1S/C15H22O4/c1-4-5-11-9-15(19-3)12(10-14(11)18-2)8-13(17)6-7-16/h9-10,16H,4-8H2,1-3H3. The maximum atomic E-state index is 11.6. The van der Waals surface area contributed by atoms with Crippen molar-refractivity contribution in [3.05, 3.63) is 23.3 Å². The third-order valence-electron chi connectivity index (χ3n) is 2.98. The van der Waals surface area contributed by atoms with Crippen molar-refractivity contribution in [3.63, 3.8) is 0 Å². The normalized spacial score (nSPS) is 10.3. The topological polar surface area (TPSA) is 55.8 Å². The number of rotatable bonds is 8. The van der Waals surface area contributed by atoms with Crippen LogP contribution in [0.25, 0.3) is 0 Å². The van der Waals surface area contributed by atoms with Gasteiger partial charge in [-0.3, -0.25) is 4.79 Å². The summed E-state index contributed by atoms with van der Waals surface area (Å²) < 4.78 is 10.7. The zero-order valence-electron chi connectivity index (χ0n) is 11.9. The molecule has 0 aliphatic carbocycles. The van der Waals surface area contributed by atoms with E-state index in [1.54, 1.807) is 14.2 Å². The van der Waals surface area contributed by atoms with Crippen molar-refractivity contribution in [2.24, 2.45) is 0 Å². The number of aliphatic hydroxyl groups is 1. The molecule has 0 aliphatic rings. The molecule has 0 heterocycles. The van der Waals surface area contributed by atoms with Gasteiger partial charge in [-0.25, -0.2) is 0 Å². The second-order valence-electron chi connectivity index (χ2n) is 4.41. The second kappa shape index (κ2) is 7.79. The summed E-state index contributed by atoms with van der Waals surface area (Å²) in [6, 6.07) is 3.79. The van der Waals surface area contributed by atoms with Crippen molar-refractivity contribution in [3.8, 4) is 11.5 Å². The summed E-state index contributed by atoms with van der Waals surface area (Å²) in [7, 11) is 3.22. The Labute approximate surface area is 114 Å². The Morgan fingerprint density at radius 1 is 1.16 bits per heavy atom. The van der Waals surface area contributed by atoms with Crippen molar-refractivity contribution < 1.29 is 19.4 Å². The Morgan fingerprint density at radius 2 is 1.74 bits per heavy atom. The summed E-state index contributed by atoms with van der Waals surface area (Å²) in [5, 5.41) is 8.78. The van der Waals surface area contributed by atoms with Crippen LogP contribution in [0.5, 0.6) is 11.5 Å². The van der Waals surface area contributed by atoms with Gasteiger partial charge in [0.15, 0.2) is 0 Å². The molecule has 1 N–H and O–H groups in total. The van der Waals surface area contributed by atoms with Gasteiger partial charge in [-0.15, -0.1) is 0 Å². The summed E-state index contributed by atoms with van der Waals surface area (Å²) in [6.45, 7) is 1.98. The van der Waals surface area contributed by atoms with E-state index in [9.17, 15) is 4.79 Å². The lowest BCUT2D eigenvalue weighted by Gasteiger charge is -2.14. The summed E-state index contributed by atoms with van der Waals surface area (Å²) in [4.78, 5) is 11.6.